The van der Waals surface area contributed by atoms with Gasteiger partial charge in [0.1, 0.15) is 6.04 Å². The minimum Gasteiger partial charge on any atom is -0.396 e. The van der Waals surface area contributed by atoms with Gasteiger partial charge >= 0.3 is 0 Å². The first kappa shape index (κ1) is 23.5. The van der Waals surface area contributed by atoms with Gasteiger partial charge in [0.25, 0.3) is 5.91 Å². The molecule has 0 aliphatic carbocycles. The summed E-state index contributed by atoms with van der Waals surface area (Å²) in [6.07, 6.45) is 8.33. The lowest BCUT2D eigenvalue weighted by Crippen LogP contribution is -2.53. The number of hydrogen-bond acceptors (Lipinski definition) is 5. The molecule has 34 heavy (non-hydrogen) atoms. The van der Waals surface area contributed by atoms with Crippen LogP contribution in [-0.4, -0.2) is 81.5 Å². The number of nitrogens with zero attached hydrogens (tertiary/aromatic N) is 3. The van der Waals surface area contributed by atoms with E-state index in [2.05, 4.69) is 0 Å². The molecule has 0 saturated carbocycles. The minimum absolute atomic E-state index is 0.0716. The van der Waals surface area contributed by atoms with Crippen LogP contribution < -0.4 is 4.90 Å². The first-order valence-electron chi connectivity index (χ1n) is 11.5. The Kier molecular flexibility index (Phi) is 5.81. The number of fused-ring (bicyclic) bond motifs is 2. The summed E-state index contributed by atoms with van der Waals surface area (Å²) in [4.78, 5) is 46.6. The van der Waals surface area contributed by atoms with Crippen LogP contribution in [0.5, 0.6) is 0 Å². The van der Waals surface area contributed by atoms with Gasteiger partial charge in [-0.2, -0.15) is 0 Å². The molecule has 1 spiro atoms. The van der Waals surface area contributed by atoms with Gasteiger partial charge < -0.3 is 19.8 Å². The van der Waals surface area contributed by atoms with Crippen LogP contribution in [0.4, 0.5) is 5.69 Å². The SMILES string of the molecule is CN1CC=C[C@@]2(C)S[C@]34C=CCN(c5ccc(Cl)cc5)C(=O)C3N(CCCO)C(=O)[C@@H]4[C@H]2C1=O. The van der Waals surface area contributed by atoms with E-state index >= 15 is 0 Å². The highest BCUT2D eigenvalue weighted by molar-refractivity contribution is 8.02. The Morgan fingerprint density at radius 1 is 1.03 bits per heavy atom. The van der Waals surface area contributed by atoms with Gasteiger partial charge in [0.05, 0.1) is 16.6 Å². The summed E-state index contributed by atoms with van der Waals surface area (Å²) >= 11 is 7.63. The second-order valence-electron chi connectivity index (χ2n) is 9.55. The van der Waals surface area contributed by atoms with Crippen molar-refractivity contribution in [2.45, 2.75) is 28.9 Å². The minimum atomic E-state index is -0.873. The van der Waals surface area contributed by atoms with Crippen molar-refractivity contribution in [3.63, 3.8) is 0 Å². The van der Waals surface area contributed by atoms with E-state index in [1.807, 2.05) is 31.2 Å². The monoisotopic (exact) mass is 501 g/mol. The summed E-state index contributed by atoms with van der Waals surface area (Å²) in [5, 5.41) is 10.1. The predicted molar refractivity (Wildman–Crippen MR) is 133 cm³/mol. The highest BCUT2D eigenvalue weighted by Crippen LogP contribution is 2.65. The Labute approximate surface area is 208 Å². The van der Waals surface area contributed by atoms with Crippen LogP contribution in [0.15, 0.2) is 48.6 Å². The number of thioether (sulfide) groups is 1. The van der Waals surface area contributed by atoms with Gasteiger partial charge in [0, 0.05) is 48.7 Å². The molecule has 4 heterocycles. The molecule has 1 aromatic carbocycles. The summed E-state index contributed by atoms with van der Waals surface area (Å²) in [5.41, 5.74) is 0.702. The quantitative estimate of drug-likeness (QED) is 0.640. The third-order valence-corrected chi connectivity index (χ3v) is 9.50. The van der Waals surface area contributed by atoms with E-state index in [4.69, 9.17) is 11.6 Å². The zero-order valence-corrected chi connectivity index (χ0v) is 20.8. The molecule has 4 aliphatic heterocycles. The molecule has 1 N–H and O–H groups in total. The Hall–Kier alpha value is -2.29. The maximum Gasteiger partial charge on any atom is 0.251 e. The lowest BCUT2D eigenvalue weighted by atomic mass is 9.74. The second kappa shape index (κ2) is 8.43. The number of aliphatic hydroxyl groups is 1. The van der Waals surface area contributed by atoms with Crippen molar-refractivity contribution in [1.82, 2.24) is 9.80 Å². The van der Waals surface area contributed by atoms with Gasteiger partial charge in [0.2, 0.25) is 11.8 Å². The van der Waals surface area contributed by atoms with Crippen LogP contribution in [0.3, 0.4) is 0 Å². The number of halogens is 1. The summed E-state index contributed by atoms with van der Waals surface area (Å²) < 4.78 is -1.48. The van der Waals surface area contributed by atoms with E-state index in [1.54, 1.807) is 57.8 Å². The van der Waals surface area contributed by atoms with Crippen molar-refractivity contribution in [2.75, 3.05) is 38.2 Å². The Morgan fingerprint density at radius 3 is 2.44 bits per heavy atom. The highest BCUT2D eigenvalue weighted by Gasteiger charge is 2.73. The average Bonchev–Trinajstić information content (AvgIpc) is 3.08. The predicted octanol–water partition coefficient (Wildman–Crippen LogP) is 2.34. The Balaban J connectivity index is 1.64. The van der Waals surface area contributed by atoms with Crippen LogP contribution in [0.2, 0.25) is 5.02 Å². The van der Waals surface area contributed by atoms with Crippen molar-refractivity contribution in [2.24, 2.45) is 11.8 Å². The van der Waals surface area contributed by atoms with E-state index in [-0.39, 0.29) is 30.9 Å². The van der Waals surface area contributed by atoms with Gasteiger partial charge in [0.15, 0.2) is 0 Å². The van der Waals surface area contributed by atoms with Crippen LogP contribution in [0.1, 0.15) is 13.3 Å². The first-order chi connectivity index (χ1) is 16.2. The van der Waals surface area contributed by atoms with Crippen LogP contribution in [0.25, 0.3) is 0 Å². The first-order valence-corrected chi connectivity index (χ1v) is 12.7. The van der Waals surface area contributed by atoms with Crippen molar-refractivity contribution < 1.29 is 19.5 Å². The molecule has 0 bridgehead atoms. The topological polar surface area (TPSA) is 81.2 Å². The summed E-state index contributed by atoms with van der Waals surface area (Å²) in [6.45, 7) is 3.04. The number of likely N-dealkylation sites (N-methyl/N-ethyl adjacent to an activating group) is 1. The van der Waals surface area contributed by atoms with E-state index in [9.17, 15) is 19.5 Å². The molecule has 9 heteroatoms. The van der Waals surface area contributed by atoms with Crippen LogP contribution in [0, 0.1) is 11.8 Å². The number of aliphatic hydroxyl groups excluding tert-OH is 1. The molecule has 180 valence electrons. The van der Waals surface area contributed by atoms with Gasteiger partial charge in [-0.25, -0.2) is 0 Å². The molecule has 3 amide bonds. The Morgan fingerprint density at radius 2 is 1.74 bits per heavy atom. The highest BCUT2D eigenvalue weighted by atomic mass is 35.5. The summed E-state index contributed by atoms with van der Waals surface area (Å²) in [5.74, 6) is -1.67. The van der Waals surface area contributed by atoms with Crippen molar-refractivity contribution in [3.05, 3.63) is 53.6 Å². The zero-order chi connectivity index (χ0) is 24.3. The average molecular weight is 502 g/mol. The van der Waals surface area contributed by atoms with E-state index in [0.717, 1.165) is 0 Å². The van der Waals surface area contributed by atoms with Crippen LogP contribution >= 0.6 is 23.4 Å². The second-order valence-corrected chi connectivity index (χ2v) is 11.8. The van der Waals surface area contributed by atoms with Gasteiger partial charge in [-0.15, -0.1) is 11.8 Å². The molecule has 1 aromatic rings. The molecule has 1 unspecified atom stereocenters. The maximum atomic E-state index is 14.2. The molecule has 4 aliphatic rings. The van der Waals surface area contributed by atoms with Gasteiger partial charge in [-0.05, 0) is 37.6 Å². The normalized spacial score (nSPS) is 34.8. The fourth-order valence-corrected chi connectivity index (χ4v) is 8.26. The standard InChI is InChI=1S/C25H28ClN3O4S/c1-24-10-3-12-27(2)21(31)18(24)19-22(32)29(14-5-15-30)20-23(33)28(13-4-11-25(19,20)34-24)17-8-6-16(26)7-9-17/h3-4,6-11,18-20,30H,5,12-15H2,1-2H3/t18-,19-,20?,24+,25-/m0/s1. The van der Waals surface area contributed by atoms with E-state index in [0.29, 0.717) is 30.2 Å². The zero-order valence-electron chi connectivity index (χ0n) is 19.2. The van der Waals surface area contributed by atoms with Crippen molar-refractivity contribution in [1.29, 1.82) is 0 Å². The molecule has 7 nitrogen and oxygen atoms in total. The largest absolute Gasteiger partial charge is 0.396 e. The Bertz CT molecular complexity index is 1090. The fourth-order valence-electron chi connectivity index (χ4n) is 5.98. The molecule has 2 saturated heterocycles. The number of amides is 3. The third-order valence-electron chi connectivity index (χ3n) is 7.45. The number of benzene rings is 1. The smallest absolute Gasteiger partial charge is 0.251 e. The number of likely N-dealkylation sites (tertiary alicyclic amines) is 1. The van der Waals surface area contributed by atoms with E-state index in [1.165, 1.54) is 0 Å². The van der Waals surface area contributed by atoms with Gasteiger partial charge in [-0.3, -0.25) is 14.4 Å². The van der Waals surface area contributed by atoms with Crippen molar-refractivity contribution in [3.8, 4) is 0 Å². The number of carbonyl (C=O) groups is 3. The van der Waals surface area contributed by atoms with Crippen molar-refractivity contribution >= 4 is 46.8 Å². The van der Waals surface area contributed by atoms with E-state index < -0.39 is 27.4 Å². The molecular weight excluding hydrogens is 474 g/mol. The third kappa shape index (κ3) is 3.33. The molecule has 5 rings (SSSR count). The number of anilines is 1. The summed E-state index contributed by atoms with van der Waals surface area (Å²) in [6, 6.07) is 6.30. The molecular formula is C25H28ClN3O4S. The fraction of sp³-hybridized carbons (Fsp3) is 0.480. The van der Waals surface area contributed by atoms with Crippen LogP contribution in [-0.2, 0) is 14.4 Å². The molecule has 0 aromatic heterocycles. The number of carbonyl (C=O) groups excluding carboxylic acids is 3. The maximum absolute atomic E-state index is 14.2. The lowest BCUT2D eigenvalue weighted by Gasteiger charge is -2.36. The molecule has 2 fully saturated rings. The molecule has 0 radical (unpaired) electrons. The lowest BCUT2D eigenvalue weighted by molar-refractivity contribution is -0.143. The number of rotatable bonds is 4. The summed E-state index contributed by atoms with van der Waals surface area (Å²) in [7, 11) is 1.75. The van der Waals surface area contributed by atoms with Gasteiger partial charge in [-0.1, -0.05) is 35.9 Å². The number of hydrogen-bond donors (Lipinski definition) is 1. The molecule has 5 atom stereocenters.